The van der Waals surface area contributed by atoms with E-state index in [-0.39, 0.29) is 0 Å². The van der Waals surface area contributed by atoms with E-state index in [4.69, 9.17) is 11.6 Å². The summed E-state index contributed by atoms with van der Waals surface area (Å²) in [5, 5.41) is 4.40. The molecule has 0 saturated carbocycles. The zero-order valence-corrected chi connectivity index (χ0v) is 14.3. The number of hydrogen-bond donors (Lipinski definition) is 1. The summed E-state index contributed by atoms with van der Waals surface area (Å²) in [5.74, 6) is 0. The molecule has 0 aliphatic heterocycles. The van der Waals surface area contributed by atoms with Crippen LogP contribution in [0.2, 0.25) is 5.02 Å². The predicted molar refractivity (Wildman–Crippen MR) is 91.9 cm³/mol. The molecule has 1 unspecified atom stereocenters. The molecule has 3 heteroatoms. The van der Waals surface area contributed by atoms with Crippen LogP contribution in [0.1, 0.15) is 23.6 Å². The summed E-state index contributed by atoms with van der Waals surface area (Å²) in [5.41, 5.74) is 5.05. The van der Waals surface area contributed by atoms with E-state index in [1.165, 1.54) is 22.4 Å². The highest BCUT2D eigenvalue weighted by atomic mass is 79.9. The van der Waals surface area contributed by atoms with Crippen LogP contribution in [0.3, 0.4) is 0 Å². The Hall–Kier alpha value is -0.990. The van der Waals surface area contributed by atoms with Crippen LogP contribution >= 0.6 is 27.5 Å². The minimum absolute atomic E-state index is 0.370. The number of hydrogen-bond acceptors (Lipinski definition) is 1. The van der Waals surface area contributed by atoms with Crippen molar-refractivity contribution in [3.8, 4) is 0 Å². The predicted octanol–water partition coefficient (Wildman–Crippen LogP) is 5.76. The maximum Gasteiger partial charge on any atom is 0.0406 e. The van der Waals surface area contributed by atoms with Crippen LogP contribution in [0.5, 0.6) is 0 Å². The third-order valence-electron chi connectivity index (χ3n) is 3.34. The third-order valence-corrected chi connectivity index (χ3v) is 4.05. The van der Waals surface area contributed by atoms with E-state index in [2.05, 4.69) is 66.3 Å². The van der Waals surface area contributed by atoms with Gasteiger partial charge in [-0.05, 0) is 68.1 Å². The molecule has 0 fully saturated rings. The Morgan fingerprint density at radius 3 is 2.20 bits per heavy atom. The van der Waals surface area contributed by atoms with Gasteiger partial charge in [0.25, 0.3) is 0 Å². The van der Waals surface area contributed by atoms with Crippen molar-refractivity contribution >= 4 is 33.2 Å². The van der Waals surface area contributed by atoms with Gasteiger partial charge in [0.2, 0.25) is 0 Å². The standard InChI is InChI=1S/C17H19BrClN/c1-11-8-15(18)9-12(2)17(11)20-13(3)10-14-4-6-16(19)7-5-14/h4-9,13,20H,10H2,1-3H3. The summed E-state index contributed by atoms with van der Waals surface area (Å²) >= 11 is 9.45. The van der Waals surface area contributed by atoms with Gasteiger partial charge in [0.15, 0.2) is 0 Å². The SMILES string of the molecule is Cc1cc(Br)cc(C)c1NC(C)Cc1ccc(Cl)cc1. The van der Waals surface area contributed by atoms with Crippen molar-refractivity contribution in [1.29, 1.82) is 0 Å². The molecule has 2 rings (SSSR count). The molecule has 1 N–H and O–H groups in total. The molecular formula is C17H19BrClN. The zero-order chi connectivity index (χ0) is 14.7. The second kappa shape index (κ2) is 6.64. The molecular weight excluding hydrogens is 334 g/mol. The number of aryl methyl sites for hydroxylation is 2. The highest BCUT2D eigenvalue weighted by Crippen LogP contribution is 2.26. The lowest BCUT2D eigenvalue weighted by atomic mass is 10.0. The van der Waals surface area contributed by atoms with Gasteiger partial charge in [0, 0.05) is 21.2 Å². The second-order valence-corrected chi connectivity index (χ2v) is 6.64. The van der Waals surface area contributed by atoms with Crippen molar-refractivity contribution in [2.75, 3.05) is 5.32 Å². The molecule has 2 aromatic rings. The number of anilines is 1. The first-order valence-corrected chi connectivity index (χ1v) is 7.90. The molecule has 2 aromatic carbocycles. The quantitative estimate of drug-likeness (QED) is 0.737. The van der Waals surface area contributed by atoms with Gasteiger partial charge >= 0.3 is 0 Å². The lowest BCUT2D eigenvalue weighted by Gasteiger charge is -2.19. The molecule has 0 amide bonds. The molecule has 0 aliphatic carbocycles. The first kappa shape index (κ1) is 15.4. The monoisotopic (exact) mass is 351 g/mol. The van der Waals surface area contributed by atoms with Gasteiger partial charge in [0.05, 0.1) is 0 Å². The lowest BCUT2D eigenvalue weighted by Crippen LogP contribution is -2.19. The molecule has 1 nitrogen and oxygen atoms in total. The van der Waals surface area contributed by atoms with Gasteiger partial charge in [-0.3, -0.25) is 0 Å². The molecule has 0 aromatic heterocycles. The number of rotatable bonds is 4. The normalized spacial score (nSPS) is 12.2. The van der Waals surface area contributed by atoms with Crippen LogP contribution < -0.4 is 5.32 Å². The van der Waals surface area contributed by atoms with E-state index >= 15 is 0 Å². The fourth-order valence-corrected chi connectivity index (χ4v) is 3.22. The number of benzene rings is 2. The highest BCUT2D eigenvalue weighted by molar-refractivity contribution is 9.10. The summed E-state index contributed by atoms with van der Waals surface area (Å²) in [7, 11) is 0. The Labute approximate surface area is 134 Å². The van der Waals surface area contributed by atoms with E-state index in [1.54, 1.807) is 0 Å². The Morgan fingerprint density at radius 2 is 1.65 bits per heavy atom. The molecule has 20 heavy (non-hydrogen) atoms. The molecule has 0 bridgehead atoms. The van der Waals surface area contributed by atoms with Crippen LogP contribution in [0.4, 0.5) is 5.69 Å². The van der Waals surface area contributed by atoms with Gasteiger partial charge in [-0.2, -0.15) is 0 Å². The van der Waals surface area contributed by atoms with Crippen LogP contribution in [0.25, 0.3) is 0 Å². The molecule has 0 radical (unpaired) electrons. The average Bonchev–Trinajstić information content (AvgIpc) is 2.36. The molecule has 0 saturated heterocycles. The summed E-state index contributed by atoms with van der Waals surface area (Å²) in [6.07, 6.45) is 0.978. The fraction of sp³-hybridized carbons (Fsp3) is 0.294. The minimum Gasteiger partial charge on any atom is -0.382 e. The van der Waals surface area contributed by atoms with E-state index in [9.17, 15) is 0 Å². The maximum absolute atomic E-state index is 5.91. The number of halogens is 2. The van der Waals surface area contributed by atoms with E-state index < -0.39 is 0 Å². The van der Waals surface area contributed by atoms with E-state index in [1.807, 2.05) is 12.1 Å². The molecule has 0 aliphatic rings. The van der Waals surface area contributed by atoms with Crippen LogP contribution in [0.15, 0.2) is 40.9 Å². The van der Waals surface area contributed by atoms with E-state index in [0.29, 0.717) is 6.04 Å². The second-order valence-electron chi connectivity index (χ2n) is 5.29. The van der Waals surface area contributed by atoms with Crippen molar-refractivity contribution in [2.24, 2.45) is 0 Å². The Morgan fingerprint density at radius 1 is 1.10 bits per heavy atom. The first-order valence-electron chi connectivity index (χ1n) is 6.73. The molecule has 0 heterocycles. The van der Waals surface area contributed by atoms with Crippen molar-refractivity contribution in [3.05, 3.63) is 62.6 Å². The minimum atomic E-state index is 0.370. The summed E-state index contributed by atoms with van der Waals surface area (Å²) in [6.45, 7) is 6.47. The summed E-state index contributed by atoms with van der Waals surface area (Å²) in [6, 6.07) is 12.7. The van der Waals surface area contributed by atoms with Crippen LogP contribution in [-0.4, -0.2) is 6.04 Å². The largest absolute Gasteiger partial charge is 0.382 e. The lowest BCUT2D eigenvalue weighted by molar-refractivity contribution is 0.788. The Bertz CT molecular complexity index is 569. The van der Waals surface area contributed by atoms with E-state index in [0.717, 1.165) is 15.9 Å². The Kier molecular flexibility index (Phi) is 5.11. The topological polar surface area (TPSA) is 12.0 Å². The van der Waals surface area contributed by atoms with Gasteiger partial charge in [-0.25, -0.2) is 0 Å². The zero-order valence-electron chi connectivity index (χ0n) is 12.0. The molecule has 0 spiro atoms. The first-order chi connectivity index (χ1) is 9.45. The maximum atomic E-state index is 5.91. The van der Waals surface area contributed by atoms with Crippen molar-refractivity contribution in [3.63, 3.8) is 0 Å². The van der Waals surface area contributed by atoms with Gasteiger partial charge in [0.1, 0.15) is 0 Å². The summed E-state index contributed by atoms with van der Waals surface area (Å²) in [4.78, 5) is 0. The van der Waals surface area contributed by atoms with Crippen LogP contribution in [0, 0.1) is 13.8 Å². The summed E-state index contributed by atoms with van der Waals surface area (Å²) < 4.78 is 1.13. The van der Waals surface area contributed by atoms with Crippen LogP contribution in [-0.2, 0) is 6.42 Å². The van der Waals surface area contributed by atoms with Gasteiger partial charge in [-0.1, -0.05) is 39.7 Å². The Balaban J connectivity index is 2.08. The average molecular weight is 353 g/mol. The molecule has 1 atom stereocenters. The van der Waals surface area contributed by atoms with Crippen molar-refractivity contribution in [1.82, 2.24) is 0 Å². The molecule has 106 valence electrons. The third kappa shape index (κ3) is 4.00. The van der Waals surface area contributed by atoms with Gasteiger partial charge in [-0.15, -0.1) is 0 Å². The smallest absolute Gasteiger partial charge is 0.0406 e. The fourth-order valence-electron chi connectivity index (χ4n) is 2.41. The van der Waals surface area contributed by atoms with Crippen molar-refractivity contribution < 1.29 is 0 Å². The van der Waals surface area contributed by atoms with Gasteiger partial charge < -0.3 is 5.32 Å². The van der Waals surface area contributed by atoms with Crippen molar-refractivity contribution in [2.45, 2.75) is 33.2 Å². The highest BCUT2D eigenvalue weighted by Gasteiger charge is 2.09. The number of nitrogens with one attached hydrogen (secondary N) is 1.